The van der Waals surface area contributed by atoms with E-state index in [1.165, 1.54) is 43.7 Å². The number of likely N-dealkylation sites (tertiary alicyclic amines) is 1. The molecule has 7 rings (SSSR count). The summed E-state index contributed by atoms with van der Waals surface area (Å²) in [6.07, 6.45) is 7.73. The first-order chi connectivity index (χ1) is 17.4. The molecule has 2 saturated heterocycles. The van der Waals surface area contributed by atoms with Crippen LogP contribution in [0.2, 0.25) is 0 Å². The minimum atomic E-state index is 0.263. The average molecular weight is 505 g/mol. The Kier molecular flexibility index (Phi) is 4.95. The lowest BCUT2D eigenvalue weighted by Gasteiger charge is -2.63. The van der Waals surface area contributed by atoms with Crippen LogP contribution in [0.3, 0.4) is 0 Å². The van der Waals surface area contributed by atoms with E-state index in [9.17, 15) is 0 Å². The van der Waals surface area contributed by atoms with Crippen LogP contribution in [0.5, 0.6) is 5.75 Å². The Morgan fingerprint density at radius 1 is 1.19 bits per heavy atom. The van der Waals surface area contributed by atoms with Crippen LogP contribution in [0.15, 0.2) is 18.6 Å². The van der Waals surface area contributed by atoms with Gasteiger partial charge in [-0.05, 0) is 31.7 Å². The minimum Gasteiger partial charge on any atom is -0.493 e. The van der Waals surface area contributed by atoms with Crippen LogP contribution in [0.25, 0.3) is 27.6 Å². The topological polar surface area (TPSA) is 87.5 Å². The highest BCUT2D eigenvalue weighted by Crippen LogP contribution is 2.48. The lowest BCUT2D eigenvalue weighted by molar-refractivity contribution is -0.0688. The third-order valence-corrected chi connectivity index (χ3v) is 9.44. The number of rotatable bonds is 6. The van der Waals surface area contributed by atoms with Crippen LogP contribution in [-0.2, 0) is 0 Å². The van der Waals surface area contributed by atoms with Crippen LogP contribution in [0, 0.1) is 12.3 Å². The lowest BCUT2D eigenvalue weighted by atomic mass is 9.70. The Bertz CT molecular complexity index is 1430. The second-order valence-electron chi connectivity index (χ2n) is 11.1. The van der Waals surface area contributed by atoms with Gasteiger partial charge in [0.1, 0.15) is 22.0 Å². The predicted molar refractivity (Wildman–Crippen MR) is 141 cm³/mol. The van der Waals surface area contributed by atoms with E-state index in [1.807, 2.05) is 12.3 Å². The molecule has 1 aliphatic carbocycles. The van der Waals surface area contributed by atoms with Crippen molar-refractivity contribution in [2.45, 2.75) is 52.0 Å². The first-order valence-electron chi connectivity index (χ1n) is 12.9. The summed E-state index contributed by atoms with van der Waals surface area (Å²) >= 11 is 1.77. The van der Waals surface area contributed by atoms with Crippen molar-refractivity contribution in [2.75, 3.05) is 38.2 Å². The smallest absolute Gasteiger partial charge is 0.197 e. The summed E-state index contributed by atoms with van der Waals surface area (Å²) in [6, 6.07) is 2.87. The molecule has 1 N–H and O–H groups in total. The number of pyridine rings is 1. The second kappa shape index (κ2) is 8.01. The molecule has 1 spiro atoms. The van der Waals surface area contributed by atoms with Gasteiger partial charge in [0.05, 0.1) is 18.5 Å². The molecule has 0 radical (unpaired) electrons. The highest BCUT2D eigenvalue weighted by Gasteiger charge is 2.54. The monoisotopic (exact) mass is 504 g/mol. The van der Waals surface area contributed by atoms with Gasteiger partial charge in [-0.2, -0.15) is 10.2 Å². The molecule has 4 aromatic heterocycles. The van der Waals surface area contributed by atoms with Gasteiger partial charge in [-0.15, -0.1) is 0 Å². The molecule has 1 saturated carbocycles. The fourth-order valence-electron chi connectivity index (χ4n) is 6.19. The molecule has 0 bridgehead atoms. The first kappa shape index (κ1) is 22.2. The molecule has 0 atom stereocenters. The van der Waals surface area contributed by atoms with E-state index in [2.05, 4.69) is 45.8 Å². The standard InChI is InChI=1S/C26H32N8OS/c1-15(2)20-21(17-8-19(35-4)23-27-14-28-34(23)9-17)30-31-22(20)24-29-16(3)25(36-24)33-12-26(13-33)10-32(11-26)18-6-5-7-18/h8-9,14-15,18H,5-7,10-13H2,1-4H3,(H,30,31). The number of aromatic nitrogens is 6. The number of hydrogen-bond donors (Lipinski definition) is 1. The van der Waals surface area contributed by atoms with Crippen LogP contribution in [-0.4, -0.2) is 74.0 Å². The highest BCUT2D eigenvalue weighted by atomic mass is 32.1. The van der Waals surface area contributed by atoms with Crippen molar-refractivity contribution in [2.24, 2.45) is 5.41 Å². The largest absolute Gasteiger partial charge is 0.493 e. The van der Waals surface area contributed by atoms with Gasteiger partial charge in [-0.1, -0.05) is 31.6 Å². The number of nitrogens with zero attached hydrogens (tertiary/aromatic N) is 7. The average Bonchev–Trinajstić information content (AvgIpc) is 3.49. The summed E-state index contributed by atoms with van der Waals surface area (Å²) in [6.45, 7) is 11.4. The van der Waals surface area contributed by atoms with E-state index in [1.54, 1.807) is 23.0 Å². The fraction of sp³-hybridized carbons (Fsp3) is 0.538. The summed E-state index contributed by atoms with van der Waals surface area (Å²) in [4.78, 5) is 14.5. The van der Waals surface area contributed by atoms with Gasteiger partial charge in [-0.3, -0.25) is 10.00 Å². The molecule has 36 heavy (non-hydrogen) atoms. The maximum atomic E-state index is 5.59. The summed E-state index contributed by atoms with van der Waals surface area (Å²) in [5, 5.41) is 14.7. The molecule has 3 aliphatic rings. The van der Waals surface area contributed by atoms with Gasteiger partial charge in [0.2, 0.25) is 0 Å². The number of methoxy groups -OCH3 is 1. The highest BCUT2D eigenvalue weighted by molar-refractivity contribution is 7.19. The number of fused-ring (bicyclic) bond motifs is 1. The normalized spacial score (nSPS) is 19.6. The van der Waals surface area contributed by atoms with Gasteiger partial charge < -0.3 is 9.64 Å². The van der Waals surface area contributed by atoms with Crippen molar-refractivity contribution >= 4 is 22.0 Å². The van der Waals surface area contributed by atoms with Crippen LogP contribution in [0.4, 0.5) is 5.00 Å². The summed E-state index contributed by atoms with van der Waals surface area (Å²) in [5.41, 5.74) is 6.34. The Morgan fingerprint density at radius 3 is 2.69 bits per heavy atom. The van der Waals surface area contributed by atoms with Crippen LogP contribution < -0.4 is 9.64 Å². The van der Waals surface area contributed by atoms with Gasteiger partial charge >= 0.3 is 0 Å². The Hall–Kier alpha value is -2.98. The maximum absolute atomic E-state index is 5.59. The van der Waals surface area contributed by atoms with E-state index in [0.717, 1.165) is 52.3 Å². The van der Waals surface area contributed by atoms with Crippen molar-refractivity contribution in [3.05, 3.63) is 29.8 Å². The van der Waals surface area contributed by atoms with Gasteiger partial charge in [0.25, 0.3) is 0 Å². The lowest BCUT2D eigenvalue weighted by Crippen LogP contribution is -2.74. The molecule has 188 valence electrons. The molecular weight excluding hydrogens is 472 g/mol. The van der Waals surface area contributed by atoms with Gasteiger partial charge in [0.15, 0.2) is 11.4 Å². The molecule has 10 heteroatoms. The molecule has 3 fully saturated rings. The van der Waals surface area contributed by atoms with E-state index >= 15 is 0 Å². The Morgan fingerprint density at radius 2 is 2.00 bits per heavy atom. The molecular formula is C26H32N8OS. The van der Waals surface area contributed by atoms with Gasteiger partial charge in [0, 0.05) is 55.0 Å². The third-order valence-electron chi connectivity index (χ3n) is 8.21. The summed E-state index contributed by atoms with van der Waals surface area (Å²) in [5.74, 6) is 0.945. The molecule has 6 heterocycles. The zero-order valence-corrected chi connectivity index (χ0v) is 22.1. The number of ether oxygens (including phenoxy) is 1. The third kappa shape index (κ3) is 3.30. The van der Waals surface area contributed by atoms with Crippen molar-refractivity contribution in [3.63, 3.8) is 0 Å². The molecule has 2 aliphatic heterocycles. The number of aromatic amines is 1. The van der Waals surface area contributed by atoms with E-state index in [4.69, 9.17) is 14.8 Å². The van der Waals surface area contributed by atoms with Crippen molar-refractivity contribution in [1.29, 1.82) is 0 Å². The van der Waals surface area contributed by atoms with E-state index < -0.39 is 0 Å². The maximum Gasteiger partial charge on any atom is 0.197 e. The van der Waals surface area contributed by atoms with Crippen LogP contribution in [0.1, 0.15) is 50.3 Å². The zero-order valence-electron chi connectivity index (χ0n) is 21.3. The number of H-pyrrole nitrogens is 1. The SMILES string of the molecule is COc1cc(-c2[nH]nc(-c3nc(C)c(N4CC5(C4)CN(C4CCC4)C5)s3)c2C(C)C)cn2ncnc12. The van der Waals surface area contributed by atoms with Crippen molar-refractivity contribution in [1.82, 2.24) is 34.7 Å². The number of anilines is 1. The number of aryl methyl sites for hydroxylation is 1. The molecule has 0 aromatic carbocycles. The minimum absolute atomic E-state index is 0.263. The molecule has 0 unspecified atom stereocenters. The van der Waals surface area contributed by atoms with Gasteiger partial charge in [-0.25, -0.2) is 14.5 Å². The Balaban J connectivity index is 1.17. The molecule has 4 aromatic rings. The fourth-order valence-corrected chi connectivity index (χ4v) is 7.26. The van der Waals surface area contributed by atoms with E-state index in [-0.39, 0.29) is 5.92 Å². The predicted octanol–water partition coefficient (Wildman–Crippen LogP) is 4.36. The second-order valence-corrected chi connectivity index (χ2v) is 12.1. The van der Waals surface area contributed by atoms with Crippen molar-refractivity contribution in [3.8, 4) is 27.7 Å². The molecule has 9 nitrogen and oxygen atoms in total. The quantitative estimate of drug-likeness (QED) is 0.417. The van der Waals surface area contributed by atoms with Crippen molar-refractivity contribution < 1.29 is 4.74 Å². The number of hydrogen-bond acceptors (Lipinski definition) is 8. The summed E-state index contributed by atoms with van der Waals surface area (Å²) < 4.78 is 7.33. The number of nitrogens with one attached hydrogen (secondary N) is 1. The number of thiazole rings is 1. The zero-order chi connectivity index (χ0) is 24.6. The molecule has 0 amide bonds. The Labute approximate surface area is 214 Å². The van der Waals surface area contributed by atoms with Crippen LogP contribution >= 0.6 is 11.3 Å². The summed E-state index contributed by atoms with van der Waals surface area (Å²) in [7, 11) is 1.66. The first-order valence-corrected chi connectivity index (χ1v) is 13.7. The van der Waals surface area contributed by atoms with E-state index in [0.29, 0.717) is 16.8 Å².